The number of halogens is 2. The molecule has 13 heteroatoms. The number of rotatable bonds is 9. The molecule has 2 aliphatic rings. The third-order valence-corrected chi connectivity index (χ3v) is 12.2. The van der Waals surface area contributed by atoms with E-state index < -0.39 is 0 Å². The van der Waals surface area contributed by atoms with Crippen molar-refractivity contribution < 1.29 is 27.8 Å². The first-order valence-electron chi connectivity index (χ1n) is 19.8. The van der Waals surface area contributed by atoms with Crippen LogP contribution in [0.3, 0.4) is 0 Å². The average Bonchev–Trinajstić information content (AvgIpc) is 3.77. The number of aromatic amines is 2. The maximum Gasteiger partial charge on any atom is 0.259 e. The number of methoxy groups -OCH3 is 2. The zero-order valence-corrected chi connectivity index (χ0v) is 34.5. The van der Waals surface area contributed by atoms with E-state index in [1.54, 1.807) is 18.9 Å². The van der Waals surface area contributed by atoms with Crippen molar-refractivity contribution in [1.29, 1.82) is 0 Å². The summed E-state index contributed by atoms with van der Waals surface area (Å²) in [5.74, 6) is 1.23. The predicted molar refractivity (Wildman–Crippen MR) is 224 cm³/mol. The number of nitrogens with zero attached hydrogens (tertiary/aromatic N) is 4. The molecule has 10 nitrogen and oxygen atoms in total. The van der Waals surface area contributed by atoms with E-state index in [9.17, 15) is 18.4 Å². The summed E-state index contributed by atoms with van der Waals surface area (Å²) in [7, 11) is 3.08. The van der Waals surface area contributed by atoms with Gasteiger partial charge in [-0.1, -0.05) is 24.3 Å². The first kappa shape index (κ1) is 40.8. The summed E-state index contributed by atoms with van der Waals surface area (Å²) in [6.45, 7) is 6.78. The molecular weight excluding hydrogens is 759 g/mol. The smallest absolute Gasteiger partial charge is 0.259 e. The number of hydrogen-bond donors (Lipinski definition) is 2. The fraction of sp³-hybridized carbons (Fsp3) is 0.378. The van der Waals surface area contributed by atoms with Gasteiger partial charge in [0.15, 0.2) is 0 Å². The number of benzene rings is 2. The zero-order valence-electron chi connectivity index (χ0n) is 33.7. The number of ether oxygens (including phenoxy) is 2. The fourth-order valence-electron chi connectivity index (χ4n) is 8.19. The average molecular weight is 809 g/mol. The van der Waals surface area contributed by atoms with Gasteiger partial charge in [-0.3, -0.25) is 9.59 Å². The molecule has 4 aromatic heterocycles. The van der Waals surface area contributed by atoms with Crippen molar-refractivity contribution in [2.45, 2.75) is 57.3 Å². The first-order valence-corrected chi connectivity index (χ1v) is 21.0. The number of H-pyrrole nitrogens is 2. The number of likely N-dealkylation sites (tertiary alicyclic amines) is 2. The normalized spacial score (nSPS) is 15.1. The Morgan fingerprint density at radius 1 is 0.707 bits per heavy atom. The molecule has 6 heterocycles. The number of aromatic nitrogens is 4. The summed E-state index contributed by atoms with van der Waals surface area (Å²) >= 11 is 1.64. The Kier molecular flexibility index (Phi) is 12.7. The minimum Gasteiger partial charge on any atom is -0.480 e. The molecule has 2 aliphatic heterocycles. The summed E-state index contributed by atoms with van der Waals surface area (Å²) in [4.78, 5) is 46.7. The number of fused-ring (bicyclic) bond motifs is 2. The molecule has 0 bridgehead atoms. The molecule has 2 N–H and O–H groups in total. The Morgan fingerprint density at radius 2 is 1.17 bits per heavy atom. The van der Waals surface area contributed by atoms with Crippen LogP contribution in [0.1, 0.15) is 68.9 Å². The van der Waals surface area contributed by atoms with E-state index in [1.165, 1.54) is 31.4 Å². The lowest BCUT2D eigenvalue weighted by Crippen LogP contribution is -2.39. The van der Waals surface area contributed by atoms with E-state index in [1.807, 2.05) is 72.4 Å². The van der Waals surface area contributed by atoms with Gasteiger partial charge in [0.1, 0.15) is 34.1 Å². The second kappa shape index (κ2) is 18.0. The molecule has 2 saturated heterocycles. The lowest BCUT2D eigenvalue weighted by molar-refractivity contribution is 0.0678. The van der Waals surface area contributed by atoms with Crippen LogP contribution in [0.2, 0.25) is 0 Å². The van der Waals surface area contributed by atoms with Crippen molar-refractivity contribution in [3.63, 3.8) is 0 Å². The largest absolute Gasteiger partial charge is 0.480 e. The monoisotopic (exact) mass is 808 g/mol. The fourth-order valence-corrected chi connectivity index (χ4v) is 8.92. The number of thioether (sulfide) groups is 1. The Labute approximate surface area is 341 Å². The first-order chi connectivity index (χ1) is 28.0. The third kappa shape index (κ3) is 9.14. The number of carbonyl (C=O) groups excluding carboxylic acids is 2. The Morgan fingerprint density at radius 3 is 1.64 bits per heavy atom. The molecule has 304 valence electrons. The van der Waals surface area contributed by atoms with Gasteiger partial charge in [-0.2, -0.15) is 9.97 Å². The number of pyridine rings is 2. The second-order valence-electron chi connectivity index (χ2n) is 15.3. The van der Waals surface area contributed by atoms with E-state index in [-0.39, 0.29) is 23.4 Å². The van der Waals surface area contributed by atoms with Gasteiger partial charge in [-0.05, 0) is 124 Å². The number of aryl methyl sites for hydroxylation is 2. The van der Waals surface area contributed by atoms with Crippen molar-refractivity contribution in [2.75, 3.05) is 46.7 Å². The van der Waals surface area contributed by atoms with Gasteiger partial charge in [0, 0.05) is 53.2 Å². The highest BCUT2D eigenvalue weighted by Gasteiger charge is 2.29. The van der Waals surface area contributed by atoms with Crippen molar-refractivity contribution in [3.05, 3.63) is 112 Å². The number of hydrogen-bond acceptors (Lipinski definition) is 7. The molecule has 2 amide bonds. The van der Waals surface area contributed by atoms with E-state index in [4.69, 9.17) is 9.47 Å². The standard InChI is InChI=1S/C23H26FN3O2S.C22H24FN3O2/c1-14-20(30-3)18-13-19(22(29-2)26-21(18)25-14)23(28)27-10-8-16(9-11-27)12-15-4-6-17(24)7-5-15;1-14-11-17-13-19(21(28-2)25-20(17)24-14)22(27)26-9-7-16(8-10-26)12-15-3-5-18(23)6-4-15/h4-7,13,16H,8-12H2,1-3H3,(H,25,26);3-6,11,13,16H,7-10,12H2,1-2H3,(H,24,25). The summed E-state index contributed by atoms with van der Waals surface area (Å²) in [6.07, 6.45) is 7.59. The summed E-state index contributed by atoms with van der Waals surface area (Å²) in [6, 6.07) is 19.2. The van der Waals surface area contributed by atoms with E-state index in [2.05, 4.69) is 19.9 Å². The second-order valence-corrected chi connectivity index (χ2v) is 16.1. The van der Waals surface area contributed by atoms with Gasteiger partial charge < -0.3 is 29.2 Å². The Bertz CT molecular complexity index is 2380. The van der Waals surface area contributed by atoms with Gasteiger partial charge >= 0.3 is 0 Å². The Balaban J connectivity index is 0.000000177. The highest BCUT2D eigenvalue weighted by atomic mass is 32.2. The van der Waals surface area contributed by atoms with Crippen molar-refractivity contribution in [3.8, 4) is 11.8 Å². The molecule has 0 radical (unpaired) electrons. The lowest BCUT2D eigenvalue weighted by atomic mass is 9.90. The number of amides is 2. The van der Waals surface area contributed by atoms with E-state index in [0.29, 0.717) is 60.9 Å². The molecule has 2 aromatic carbocycles. The summed E-state index contributed by atoms with van der Waals surface area (Å²) < 4.78 is 37.0. The predicted octanol–water partition coefficient (Wildman–Crippen LogP) is 8.95. The van der Waals surface area contributed by atoms with Crippen LogP contribution in [0.25, 0.3) is 22.1 Å². The minimum atomic E-state index is -0.207. The molecule has 8 rings (SSSR count). The van der Waals surface area contributed by atoms with Crippen LogP contribution in [-0.2, 0) is 12.8 Å². The van der Waals surface area contributed by atoms with Crippen LogP contribution >= 0.6 is 11.8 Å². The third-order valence-electron chi connectivity index (χ3n) is 11.3. The van der Waals surface area contributed by atoms with Crippen molar-refractivity contribution in [2.24, 2.45) is 11.8 Å². The van der Waals surface area contributed by atoms with Gasteiger partial charge in [-0.25, -0.2) is 8.78 Å². The van der Waals surface area contributed by atoms with Crippen molar-refractivity contribution >= 4 is 45.6 Å². The zero-order chi connectivity index (χ0) is 40.9. The van der Waals surface area contributed by atoms with Crippen LogP contribution < -0.4 is 9.47 Å². The summed E-state index contributed by atoms with van der Waals surface area (Å²) in [5, 5.41) is 1.86. The molecule has 2 fully saturated rings. The van der Waals surface area contributed by atoms with Crippen molar-refractivity contribution in [1.82, 2.24) is 29.7 Å². The van der Waals surface area contributed by atoms with Crippen LogP contribution in [0.15, 0.2) is 71.6 Å². The maximum atomic E-state index is 13.3. The number of piperidine rings is 2. The topological polar surface area (TPSA) is 116 Å². The van der Waals surface area contributed by atoms with E-state index >= 15 is 0 Å². The molecule has 0 aliphatic carbocycles. The Hall–Kier alpha value is -5.43. The van der Waals surface area contributed by atoms with E-state index in [0.717, 1.165) is 88.0 Å². The molecule has 0 spiro atoms. The highest BCUT2D eigenvalue weighted by Crippen LogP contribution is 2.34. The lowest BCUT2D eigenvalue weighted by Gasteiger charge is -2.32. The highest BCUT2D eigenvalue weighted by molar-refractivity contribution is 7.98. The van der Waals surface area contributed by atoms with Crippen LogP contribution in [0.4, 0.5) is 8.78 Å². The van der Waals surface area contributed by atoms with Crippen LogP contribution in [-0.4, -0.2) is 88.2 Å². The van der Waals surface area contributed by atoms with Gasteiger partial charge in [-0.15, -0.1) is 11.8 Å². The van der Waals surface area contributed by atoms with Gasteiger partial charge in [0.05, 0.1) is 14.2 Å². The van der Waals surface area contributed by atoms with Crippen LogP contribution in [0, 0.1) is 37.3 Å². The maximum absolute atomic E-state index is 13.3. The molecule has 6 aromatic rings. The summed E-state index contributed by atoms with van der Waals surface area (Å²) in [5.41, 5.74) is 6.80. The molecule has 0 atom stereocenters. The van der Waals surface area contributed by atoms with Gasteiger partial charge in [0.2, 0.25) is 11.8 Å². The minimum absolute atomic E-state index is 0.0348. The molecule has 0 unspecified atom stereocenters. The number of carbonyl (C=O) groups is 2. The molecule has 0 saturated carbocycles. The van der Waals surface area contributed by atoms with Gasteiger partial charge in [0.25, 0.3) is 11.8 Å². The van der Waals surface area contributed by atoms with Crippen LogP contribution in [0.5, 0.6) is 11.8 Å². The molecule has 58 heavy (non-hydrogen) atoms. The quantitative estimate of drug-likeness (QED) is 0.140. The number of nitrogens with one attached hydrogen (secondary N) is 2. The molecular formula is C45H50F2N6O4S. The SMILES string of the molecule is COc1nc2[nH]c(C)c(SC)c2cc1C(=O)N1CCC(Cc2ccc(F)cc2)CC1.COc1nc2[nH]c(C)cc2cc1C(=O)N1CCC(Cc2ccc(F)cc2)CC1.